The number of nitrogens with one attached hydrogen (secondary N) is 3. The fraction of sp³-hybridized carbons (Fsp3) is 0.143. The molecule has 2 amide bonds. The second-order valence-electron chi connectivity index (χ2n) is 10.4. The van der Waals surface area contributed by atoms with E-state index in [9.17, 15) is 9.59 Å². The molecule has 42 heavy (non-hydrogen) atoms. The Morgan fingerprint density at radius 3 is 2.40 bits per heavy atom. The second-order valence-corrected chi connectivity index (χ2v) is 10.8. The molecule has 3 N–H and O–H groups in total. The first kappa shape index (κ1) is 27.3. The normalized spacial score (nSPS) is 15.3. The van der Waals surface area contributed by atoms with Gasteiger partial charge in [0.1, 0.15) is 0 Å². The van der Waals surface area contributed by atoms with Gasteiger partial charge < -0.3 is 16.0 Å². The number of rotatable bonds is 6. The monoisotopic (exact) mass is 572 g/mol. The first-order chi connectivity index (χ1) is 20.5. The maximum absolute atomic E-state index is 13.4. The smallest absolute Gasteiger partial charge is 0.300 e. The van der Waals surface area contributed by atoms with E-state index >= 15 is 0 Å². The van der Waals surface area contributed by atoms with E-state index in [-0.39, 0.29) is 5.91 Å². The Morgan fingerprint density at radius 1 is 0.857 bits per heavy atom. The van der Waals surface area contributed by atoms with Crippen LogP contribution in [-0.4, -0.2) is 29.8 Å². The summed E-state index contributed by atoms with van der Waals surface area (Å²) in [5.74, 6) is 4.84. The van der Waals surface area contributed by atoms with Crippen molar-refractivity contribution in [2.24, 2.45) is 0 Å². The highest BCUT2D eigenvalue weighted by atomic mass is 35.5. The Bertz CT molecular complexity index is 1730. The van der Waals surface area contributed by atoms with Crippen molar-refractivity contribution in [3.8, 4) is 11.8 Å². The van der Waals surface area contributed by atoms with Crippen molar-refractivity contribution in [1.82, 2.24) is 4.90 Å². The zero-order valence-electron chi connectivity index (χ0n) is 22.9. The summed E-state index contributed by atoms with van der Waals surface area (Å²) in [7, 11) is 0. The van der Waals surface area contributed by atoms with Gasteiger partial charge in [0.15, 0.2) is 0 Å². The van der Waals surface area contributed by atoms with E-state index in [1.54, 1.807) is 30.3 Å². The quantitative estimate of drug-likeness (QED) is 0.174. The third-order valence-corrected chi connectivity index (χ3v) is 7.54. The number of nitrogens with zero attached hydrogens (tertiary/aromatic N) is 1. The van der Waals surface area contributed by atoms with Gasteiger partial charge in [0.25, 0.3) is 5.91 Å². The minimum Gasteiger partial charge on any atom is -0.354 e. The van der Waals surface area contributed by atoms with E-state index in [2.05, 4.69) is 57.0 Å². The van der Waals surface area contributed by atoms with Gasteiger partial charge in [-0.2, -0.15) is 0 Å². The molecule has 1 fully saturated rings. The standard InChI is InChI=1S/C35H29ClN4O2/c36-27-9-6-10-29(22-27)37-32(41)18-14-24-13-17-30-31(21-24)39-35(42)33(30)34(26-7-2-1-3-8-26)38-28-15-11-25(12-16-28)23-40-19-4-5-20-40/h1-3,6-13,15-17,21-22,38H,4-5,19-20,23H2,(H,37,41)(H,39,42)/b34-33-. The number of hydrogen-bond acceptors (Lipinski definition) is 4. The summed E-state index contributed by atoms with van der Waals surface area (Å²) >= 11 is 5.99. The average molecular weight is 573 g/mol. The number of benzene rings is 4. The van der Waals surface area contributed by atoms with E-state index in [0.717, 1.165) is 42.1 Å². The van der Waals surface area contributed by atoms with Crippen LogP contribution in [0.4, 0.5) is 17.1 Å². The Hall–Kier alpha value is -4.83. The number of carbonyl (C=O) groups excluding carboxylic acids is 2. The van der Waals surface area contributed by atoms with Gasteiger partial charge in [0.2, 0.25) is 0 Å². The molecule has 1 saturated heterocycles. The SMILES string of the molecule is O=C(C#Cc1ccc2c(c1)NC(=O)/C2=C(\Nc1ccc(CN2CCCC2)cc1)c1ccccc1)Nc1cccc(Cl)c1. The summed E-state index contributed by atoms with van der Waals surface area (Å²) < 4.78 is 0. The molecule has 2 aliphatic rings. The predicted octanol–water partition coefficient (Wildman–Crippen LogP) is 6.86. The molecular weight excluding hydrogens is 544 g/mol. The lowest BCUT2D eigenvalue weighted by Gasteiger charge is -2.17. The van der Waals surface area contributed by atoms with E-state index in [4.69, 9.17) is 11.6 Å². The topological polar surface area (TPSA) is 73.5 Å². The van der Waals surface area contributed by atoms with Crippen LogP contribution in [0.1, 0.15) is 35.1 Å². The number of hydrogen-bond donors (Lipinski definition) is 3. The fourth-order valence-electron chi connectivity index (χ4n) is 5.28. The molecule has 0 radical (unpaired) electrons. The summed E-state index contributed by atoms with van der Waals surface area (Å²) in [6.45, 7) is 3.26. The first-order valence-electron chi connectivity index (χ1n) is 13.9. The van der Waals surface area contributed by atoms with Crippen molar-refractivity contribution < 1.29 is 9.59 Å². The van der Waals surface area contributed by atoms with Crippen molar-refractivity contribution in [2.75, 3.05) is 29.0 Å². The van der Waals surface area contributed by atoms with E-state index in [0.29, 0.717) is 27.5 Å². The van der Waals surface area contributed by atoms with Crippen LogP contribution in [0.2, 0.25) is 5.02 Å². The van der Waals surface area contributed by atoms with Gasteiger partial charge in [-0.05, 0) is 79.5 Å². The zero-order chi connectivity index (χ0) is 28.9. The molecule has 2 aliphatic heterocycles. The van der Waals surface area contributed by atoms with Gasteiger partial charge in [-0.3, -0.25) is 14.5 Å². The summed E-state index contributed by atoms with van der Waals surface area (Å²) in [6, 6.07) is 30.6. The largest absolute Gasteiger partial charge is 0.354 e. The van der Waals surface area contributed by atoms with Gasteiger partial charge in [-0.15, -0.1) is 0 Å². The molecule has 0 aliphatic carbocycles. The van der Waals surface area contributed by atoms with Gasteiger partial charge in [-0.25, -0.2) is 0 Å². The average Bonchev–Trinajstić information content (AvgIpc) is 3.62. The van der Waals surface area contributed by atoms with Crippen LogP contribution in [0, 0.1) is 11.8 Å². The first-order valence-corrected chi connectivity index (χ1v) is 14.3. The highest BCUT2D eigenvalue weighted by Gasteiger charge is 2.28. The van der Waals surface area contributed by atoms with E-state index in [1.807, 2.05) is 42.5 Å². The number of fused-ring (bicyclic) bond motifs is 1. The third-order valence-electron chi connectivity index (χ3n) is 7.31. The van der Waals surface area contributed by atoms with Gasteiger partial charge in [0, 0.05) is 40.0 Å². The molecular formula is C35H29ClN4O2. The van der Waals surface area contributed by atoms with Crippen LogP contribution in [-0.2, 0) is 16.1 Å². The van der Waals surface area contributed by atoms with Crippen molar-refractivity contribution >= 4 is 51.7 Å². The number of likely N-dealkylation sites (tertiary alicyclic amines) is 1. The molecule has 0 aromatic heterocycles. The highest BCUT2D eigenvalue weighted by molar-refractivity contribution is 6.37. The third kappa shape index (κ3) is 6.39. The zero-order valence-corrected chi connectivity index (χ0v) is 23.7. The summed E-state index contributed by atoms with van der Waals surface area (Å²) in [4.78, 5) is 28.2. The van der Waals surface area contributed by atoms with Crippen LogP contribution in [0.15, 0.2) is 97.1 Å². The number of carbonyl (C=O) groups is 2. The van der Waals surface area contributed by atoms with Crippen LogP contribution in [0.25, 0.3) is 11.3 Å². The van der Waals surface area contributed by atoms with Crippen LogP contribution in [0.3, 0.4) is 0 Å². The molecule has 0 saturated carbocycles. The highest BCUT2D eigenvalue weighted by Crippen LogP contribution is 2.38. The predicted molar refractivity (Wildman–Crippen MR) is 170 cm³/mol. The molecule has 0 unspecified atom stereocenters. The van der Waals surface area contributed by atoms with Crippen molar-refractivity contribution in [3.05, 3.63) is 124 Å². The van der Waals surface area contributed by atoms with Crippen LogP contribution < -0.4 is 16.0 Å². The second kappa shape index (κ2) is 12.4. The van der Waals surface area contributed by atoms with Crippen LogP contribution >= 0.6 is 11.6 Å². The lowest BCUT2D eigenvalue weighted by atomic mass is 9.99. The molecule has 7 heteroatoms. The minimum atomic E-state index is -0.454. The molecule has 0 atom stereocenters. The molecule has 6 nitrogen and oxygen atoms in total. The molecule has 0 bridgehead atoms. The van der Waals surface area contributed by atoms with E-state index < -0.39 is 5.91 Å². The maximum atomic E-state index is 13.4. The fourth-order valence-corrected chi connectivity index (χ4v) is 5.47. The number of amides is 2. The number of anilines is 3. The van der Waals surface area contributed by atoms with Gasteiger partial charge in [0.05, 0.1) is 17.0 Å². The summed E-state index contributed by atoms with van der Waals surface area (Å²) in [5, 5.41) is 9.75. The molecule has 208 valence electrons. The lowest BCUT2D eigenvalue weighted by Crippen LogP contribution is -2.18. The van der Waals surface area contributed by atoms with Gasteiger partial charge in [-0.1, -0.05) is 72.1 Å². The Kier molecular flexibility index (Phi) is 8.05. The van der Waals surface area contributed by atoms with E-state index in [1.165, 1.54) is 18.4 Å². The Balaban J connectivity index is 1.26. The number of halogens is 1. The summed E-state index contributed by atoms with van der Waals surface area (Å²) in [5.41, 5.74) is 6.95. The molecule has 2 heterocycles. The Labute approximate surface area is 250 Å². The Morgan fingerprint density at radius 2 is 1.64 bits per heavy atom. The maximum Gasteiger partial charge on any atom is 0.300 e. The van der Waals surface area contributed by atoms with Crippen LogP contribution in [0.5, 0.6) is 0 Å². The van der Waals surface area contributed by atoms with Crippen molar-refractivity contribution in [2.45, 2.75) is 19.4 Å². The lowest BCUT2D eigenvalue weighted by molar-refractivity contribution is -0.111. The molecule has 6 rings (SSSR count). The van der Waals surface area contributed by atoms with Crippen molar-refractivity contribution in [3.63, 3.8) is 0 Å². The molecule has 4 aromatic rings. The summed E-state index contributed by atoms with van der Waals surface area (Å²) in [6.07, 6.45) is 2.54. The molecule has 4 aromatic carbocycles. The molecule has 0 spiro atoms. The minimum absolute atomic E-state index is 0.203. The van der Waals surface area contributed by atoms with Crippen molar-refractivity contribution in [1.29, 1.82) is 0 Å². The van der Waals surface area contributed by atoms with Gasteiger partial charge >= 0.3 is 5.91 Å².